The highest BCUT2D eigenvalue weighted by Gasteiger charge is 2.44. The van der Waals surface area contributed by atoms with Gasteiger partial charge in [-0.1, -0.05) is 6.07 Å². The minimum absolute atomic E-state index is 0.0799. The van der Waals surface area contributed by atoms with E-state index in [0.29, 0.717) is 5.56 Å². The van der Waals surface area contributed by atoms with Crippen LogP contribution in [-0.2, 0) is 4.74 Å². The summed E-state index contributed by atoms with van der Waals surface area (Å²) in [6, 6.07) is 4.92. The number of nitrogens with one attached hydrogen (secondary N) is 1. The number of hydrogen-bond donors (Lipinski definition) is 4. The summed E-state index contributed by atoms with van der Waals surface area (Å²) in [5.41, 5.74) is 4.34. The molecule has 11 heteroatoms. The number of pyridine rings is 1. The second-order valence-corrected chi connectivity index (χ2v) is 8.26. The summed E-state index contributed by atoms with van der Waals surface area (Å²) in [7, 11) is 0. The van der Waals surface area contributed by atoms with Crippen LogP contribution in [0.4, 0.5) is 20.2 Å². The Bertz CT molecular complexity index is 1210. The molecule has 0 bridgehead atoms. The number of aromatic nitrogens is 3. The van der Waals surface area contributed by atoms with Gasteiger partial charge in [0.15, 0.2) is 11.5 Å². The van der Waals surface area contributed by atoms with E-state index in [-0.39, 0.29) is 29.3 Å². The van der Waals surface area contributed by atoms with Gasteiger partial charge in [0.2, 0.25) is 0 Å². The van der Waals surface area contributed by atoms with E-state index < -0.39 is 47.0 Å². The Morgan fingerprint density at radius 2 is 1.97 bits per heavy atom. The van der Waals surface area contributed by atoms with Gasteiger partial charge in [0.25, 0.3) is 5.91 Å². The first-order valence-electron chi connectivity index (χ1n) is 10.5. The number of anilines is 2. The Hall–Kier alpha value is -3.54. The van der Waals surface area contributed by atoms with Gasteiger partial charge < -0.3 is 26.0 Å². The molecule has 0 unspecified atom stereocenters. The molecule has 1 aromatic carbocycles. The summed E-state index contributed by atoms with van der Waals surface area (Å²) in [6.07, 6.45) is 1.66. The van der Waals surface area contributed by atoms with Gasteiger partial charge in [0.05, 0.1) is 47.6 Å². The molecule has 0 spiro atoms. The Morgan fingerprint density at radius 1 is 1.26 bits per heavy atom. The summed E-state index contributed by atoms with van der Waals surface area (Å²) in [6.45, 7) is 3.13. The average molecular weight is 471 g/mol. The molecule has 1 fully saturated rings. The predicted molar refractivity (Wildman–Crippen MR) is 119 cm³/mol. The second kappa shape index (κ2) is 9.01. The smallest absolute Gasteiger partial charge is 0.276 e. The van der Waals surface area contributed by atoms with Crippen LogP contribution in [0.25, 0.3) is 11.4 Å². The molecule has 9 nitrogen and oxygen atoms in total. The predicted octanol–water partition coefficient (Wildman–Crippen LogP) is 2.61. The number of amides is 1. The molecule has 178 valence electrons. The number of hydrogen-bond acceptors (Lipinski definition) is 8. The zero-order chi connectivity index (χ0) is 24.6. The van der Waals surface area contributed by atoms with Gasteiger partial charge in [-0.05, 0) is 32.0 Å². The first-order chi connectivity index (χ1) is 16.1. The molecule has 5 N–H and O–H groups in total. The maximum atomic E-state index is 14.2. The third-order valence-electron chi connectivity index (χ3n) is 5.97. The van der Waals surface area contributed by atoms with Crippen molar-refractivity contribution in [1.82, 2.24) is 15.0 Å². The standard InChI is InChI=1S/C23H23F2N5O4/c1-11-23(2,33)18(31)8-17(34-11)12-6-7-27-10-16(12)29-22(32)20-15(26)9-28-21(30-20)19-13(24)4-3-5-14(19)25/h3-7,9-11,17-18,31,33H,8,26H2,1-2H3,(H,29,32)/t11-,17-,18-,23-/m1/s1. The van der Waals surface area contributed by atoms with Crippen LogP contribution in [0.3, 0.4) is 0 Å². The number of halogens is 2. The number of nitrogens with two attached hydrogens (primary N) is 1. The third-order valence-corrected chi connectivity index (χ3v) is 5.97. The molecule has 1 aliphatic rings. The summed E-state index contributed by atoms with van der Waals surface area (Å²) in [5, 5.41) is 23.4. The van der Waals surface area contributed by atoms with E-state index in [1.165, 1.54) is 25.4 Å². The van der Waals surface area contributed by atoms with Crippen molar-refractivity contribution in [2.75, 3.05) is 11.1 Å². The minimum Gasteiger partial charge on any atom is -0.396 e. The minimum atomic E-state index is -1.43. The van der Waals surface area contributed by atoms with E-state index in [9.17, 15) is 23.8 Å². The highest BCUT2D eigenvalue weighted by molar-refractivity contribution is 6.06. The zero-order valence-corrected chi connectivity index (χ0v) is 18.4. The number of carbonyl (C=O) groups is 1. The third kappa shape index (κ3) is 4.32. The maximum Gasteiger partial charge on any atom is 0.276 e. The van der Waals surface area contributed by atoms with Crippen LogP contribution in [0.2, 0.25) is 0 Å². The largest absolute Gasteiger partial charge is 0.396 e. The number of nitrogens with zero attached hydrogens (tertiary/aromatic N) is 3. The highest BCUT2D eigenvalue weighted by Crippen LogP contribution is 2.39. The molecule has 4 rings (SSSR count). The molecule has 0 aliphatic carbocycles. The summed E-state index contributed by atoms with van der Waals surface area (Å²) in [5.74, 6) is -2.87. The summed E-state index contributed by atoms with van der Waals surface area (Å²) in [4.78, 5) is 24.9. The van der Waals surface area contributed by atoms with Crippen LogP contribution in [-0.4, -0.2) is 48.9 Å². The van der Waals surface area contributed by atoms with Crippen molar-refractivity contribution < 1.29 is 28.5 Å². The maximum absolute atomic E-state index is 14.2. The molecule has 1 saturated heterocycles. The topological polar surface area (TPSA) is 143 Å². The van der Waals surface area contributed by atoms with Crippen molar-refractivity contribution in [2.45, 2.75) is 44.2 Å². The molecule has 1 aliphatic heterocycles. The first kappa shape index (κ1) is 23.6. The van der Waals surface area contributed by atoms with Crippen LogP contribution in [0.5, 0.6) is 0 Å². The van der Waals surface area contributed by atoms with E-state index in [4.69, 9.17) is 10.5 Å². The van der Waals surface area contributed by atoms with Crippen LogP contribution in [0.1, 0.15) is 42.4 Å². The van der Waals surface area contributed by atoms with Crippen molar-refractivity contribution in [2.24, 2.45) is 0 Å². The lowest BCUT2D eigenvalue weighted by Gasteiger charge is -2.43. The first-order valence-corrected chi connectivity index (χ1v) is 10.5. The zero-order valence-electron chi connectivity index (χ0n) is 18.4. The average Bonchev–Trinajstić information content (AvgIpc) is 2.78. The monoisotopic (exact) mass is 471 g/mol. The number of rotatable bonds is 4. The SMILES string of the molecule is C[C@H]1O[C@@H](c2ccncc2NC(=O)c2nc(-c3c(F)cccc3F)ncc2N)C[C@@H](O)[C@]1(C)O. The van der Waals surface area contributed by atoms with Crippen molar-refractivity contribution in [3.05, 3.63) is 65.7 Å². The van der Waals surface area contributed by atoms with Gasteiger partial charge in [-0.15, -0.1) is 0 Å². The van der Waals surface area contributed by atoms with E-state index >= 15 is 0 Å². The normalized spacial score (nSPS) is 24.6. The van der Waals surface area contributed by atoms with E-state index in [0.717, 1.165) is 18.3 Å². The van der Waals surface area contributed by atoms with Gasteiger partial charge in [-0.25, -0.2) is 18.7 Å². The van der Waals surface area contributed by atoms with Crippen molar-refractivity contribution in [3.8, 4) is 11.4 Å². The molecule has 0 radical (unpaired) electrons. The van der Waals surface area contributed by atoms with Crippen LogP contribution in [0, 0.1) is 11.6 Å². The molecule has 0 saturated carbocycles. The number of benzene rings is 1. The van der Waals surface area contributed by atoms with Gasteiger partial charge >= 0.3 is 0 Å². The molecular weight excluding hydrogens is 448 g/mol. The van der Waals surface area contributed by atoms with E-state index in [1.54, 1.807) is 13.0 Å². The summed E-state index contributed by atoms with van der Waals surface area (Å²) < 4.78 is 34.3. The Morgan fingerprint density at radius 3 is 2.65 bits per heavy atom. The molecular formula is C23H23F2N5O4. The van der Waals surface area contributed by atoms with Crippen LogP contribution >= 0.6 is 0 Å². The quantitative estimate of drug-likeness (QED) is 0.455. The van der Waals surface area contributed by atoms with Gasteiger partial charge in [0.1, 0.15) is 17.2 Å². The van der Waals surface area contributed by atoms with Crippen LogP contribution < -0.4 is 11.1 Å². The van der Waals surface area contributed by atoms with E-state index in [1.807, 2.05) is 0 Å². The molecule has 1 amide bonds. The highest BCUT2D eigenvalue weighted by atomic mass is 19.1. The Balaban J connectivity index is 1.64. The molecule has 3 aromatic rings. The molecule has 2 aromatic heterocycles. The summed E-state index contributed by atoms with van der Waals surface area (Å²) >= 11 is 0. The van der Waals surface area contributed by atoms with Crippen molar-refractivity contribution in [1.29, 1.82) is 0 Å². The van der Waals surface area contributed by atoms with Gasteiger partial charge in [-0.2, -0.15) is 0 Å². The number of aliphatic hydroxyl groups is 2. The Kier molecular flexibility index (Phi) is 6.26. The van der Waals surface area contributed by atoms with Gasteiger partial charge in [0, 0.05) is 18.2 Å². The van der Waals surface area contributed by atoms with E-state index in [2.05, 4.69) is 20.3 Å². The fourth-order valence-electron chi connectivity index (χ4n) is 3.73. The molecule has 3 heterocycles. The van der Waals surface area contributed by atoms with Gasteiger partial charge in [-0.3, -0.25) is 9.78 Å². The number of ether oxygens (including phenoxy) is 1. The lowest BCUT2D eigenvalue weighted by atomic mass is 9.84. The number of nitrogen functional groups attached to an aromatic ring is 1. The lowest BCUT2D eigenvalue weighted by Crippen LogP contribution is -2.54. The van der Waals surface area contributed by atoms with Crippen LogP contribution in [0.15, 0.2) is 42.9 Å². The second-order valence-electron chi connectivity index (χ2n) is 8.26. The number of aliphatic hydroxyl groups excluding tert-OH is 1. The Labute approximate surface area is 193 Å². The van der Waals surface area contributed by atoms with Crippen molar-refractivity contribution >= 4 is 17.3 Å². The fourth-order valence-corrected chi connectivity index (χ4v) is 3.73. The lowest BCUT2D eigenvalue weighted by molar-refractivity contribution is -0.215. The van der Waals surface area contributed by atoms with Crippen molar-refractivity contribution in [3.63, 3.8) is 0 Å². The number of carbonyl (C=O) groups excluding carboxylic acids is 1. The fraction of sp³-hybridized carbons (Fsp3) is 0.304. The molecule has 4 atom stereocenters. The molecule has 34 heavy (non-hydrogen) atoms.